The molecular weight excluding hydrogens is 405 g/mol. The number of tetrazole rings is 1. The van der Waals surface area contributed by atoms with Gasteiger partial charge >= 0.3 is 5.97 Å². The maximum Gasteiger partial charge on any atom is 0.307 e. The van der Waals surface area contributed by atoms with E-state index in [1.807, 2.05) is 26.0 Å². The van der Waals surface area contributed by atoms with Crippen LogP contribution in [0.4, 0.5) is 4.39 Å². The summed E-state index contributed by atoms with van der Waals surface area (Å²) in [5, 5.41) is 34.3. The number of carbonyl (C=O) groups is 2. The van der Waals surface area contributed by atoms with Gasteiger partial charge in [-0.05, 0) is 36.0 Å². The largest absolute Gasteiger partial charge is 0.481 e. The van der Waals surface area contributed by atoms with Crippen LogP contribution in [0.15, 0.2) is 24.3 Å². The van der Waals surface area contributed by atoms with Gasteiger partial charge in [-0.1, -0.05) is 37.3 Å². The number of nitrogens with zero attached hydrogens (tertiary/aromatic N) is 3. The summed E-state index contributed by atoms with van der Waals surface area (Å²) < 4.78 is 14.6. The van der Waals surface area contributed by atoms with Crippen molar-refractivity contribution in [3.05, 3.63) is 47.0 Å². The van der Waals surface area contributed by atoms with Gasteiger partial charge in [0.15, 0.2) is 5.82 Å². The molecule has 4 N–H and O–H groups in total. The summed E-state index contributed by atoms with van der Waals surface area (Å²) in [5.41, 5.74) is 2.24. The third-order valence-corrected chi connectivity index (χ3v) is 4.86. The number of carboxylic acid groups (broad SMARTS) is 2. The molecule has 0 spiro atoms. The van der Waals surface area contributed by atoms with Gasteiger partial charge in [0.05, 0.1) is 5.92 Å². The van der Waals surface area contributed by atoms with E-state index in [0.29, 0.717) is 36.3 Å². The fourth-order valence-electron chi connectivity index (χ4n) is 3.56. The van der Waals surface area contributed by atoms with Crippen LogP contribution in [-0.4, -0.2) is 55.9 Å². The van der Waals surface area contributed by atoms with Crippen molar-refractivity contribution in [2.75, 3.05) is 13.1 Å². The maximum atomic E-state index is 14.6. The lowest BCUT2D eigenvalue weighted by Crippen LogP contribution is -2.26. The van der Waals surface area contributed by atoms with E-state index in [2.05, 4.69) is 25.9 Å². The molecule has 0 amide bonds. The Bertz CT molecular complexity index is 910. The maximum absolute atomic E-state index is 14.6. The summed E-state index contributed by atoms with van der Waals surface area (Å²) in [6.45, 7) is 6.42. The molecule has 1 aromatic carbocycles. The minimum absolute atomic E-state index is 0.196. The fourth-order valence-corrected chi connectivity index (χ4v) is 3.56. The molecule has 0 saturated heterocycles. The number of benzene rings is 1. The molecule has 0 fully saturated rings. The molecule has 1 aliphatic heterocycles. The average Bonchev–Trinajstić information content (AvgIpc) is 3.37. The third kappa shape index (κ3) is 7.25. The Kier molecular flexibility index (Phi) is 8.80. The molecular formula is C21H28FN5O4. The second kappa shape index (κ2) is 11.3. The highest BCUT2D eigenvalue weighted by atomic mass is 19.1. The van der Waals surface area contributed by atoms with Gasteiger partial charge in [-0.2, -0.15) is 5.21 Å². The highest BCUT2D eigenvalue weighted by Gasteiger charge is 2.33. The SMILES string of the molecule is CC(=O)O.CC(C)C[C@H](C(=O)O)[C@H](Cc1ccc(C2=CCNC2)c(F)c1)c1nn[nH]n1. The Morgan fingerprint density at radius 2 is 1.97 bits per heavy atom. The quantitative estimate of drug-likeness (QED) is 0.498. The van der Waals surface area contributed by atoms with Crippen LogP contribution in [0.2, 0.25) is 0 Å². The van der Waals surface area contributed by atoms with Gasteiger partial charge in [0.1, 0.15) is 5.82 Å². The van der Waals surface area contributed by atoms with Crippen molar-refractivity contribution < 1.29 is 24.2 Å². The topological polar surface area (TPSA) is 141 Å². The van der Waals surface area contributed by atoms with Gasteiger partial charge in [-0.15, -0.1) is 10.2 Å². The molecule has 0 saturated carbocycles. The summed E-state index contributed by atoms with van der Waals surface area (Å²) in [6.07, 6.45) is 2.79. The summed E-state index contributed by atoms with van der Waals surface area (Å²) in [5.74, 6) is -2.66. The zero-order valence-electron chi connectivity index (χ0n) is 17.8. The number of hydrogen-bond acceptors (Lipinski definition) is 6. The van der Waals surface area contributed by atoms with E-state index in [4.69, 9.17) is 9.90 Å². The fraction of sp³-hybridized carbons (Fsp3) is 0.476. The van der Waals surface area contributed by atoms with Crippen LogP contribution in [0.1, 0.15) is 50.1 Å². The number of H-pyrrole nitrogens is 1. The summed E-state index contributed by atoms with van der Waals surface area (Å²) in [7, 11) is 0. The van der Waals surface area contributed by atoms with Crippen LogP contribution in [0.25, 0.3) is 5.57 Å². The van der Waals surface area contributed by atoms with Crippen molar-refractivity contribution in [1.82, 2.24) is 25.9 Å². The standard InChI is InChI=1S/C19H24FN5O2.C2H4O2/c1-11(2)7-16(19(26)27)15(18-22-24-25-23-18)8-12-3-4-14(17(20)9-12)13-5-6-21-10-13;1-2(3)4/h3-5,9,11,15-16,21H,6-8,10H2,1-2H3,(H,26,27)(H,22,23,24,25);1H3,(H,3,4)/t15-,16-;/m0./s1. The average molecular weight is 433 g/mol. The highest BCUT2D eigenvalue weighted by Crippen LogP contribution is 2.32. The van der Waals surface area contributed by atoms with E-state index in [1.54, 1.807) is 6.07 Å². The van der Waals surface area contributed by atoms with E-state index in [9.17, 15) is 14.3 Å². The molecule has 0 bridgehead atoms. The lowest BCUT2D eigenvalue weighted by atomic mass is 9.81. The normalized spacial score (nSPS) is 15.1. The Morgan fingerprint density at radius 3 is 2.45 bits per heavy atom. The minimum Gasteiger partial charge on any atom is -0.481 e. The molecule has 1 aromatic heterocycles. The second-order valence-electron chi connectivity index (χ2n) is 7.85. The Labute approximate surface area is 179 Å². The van der Waals surface area contributed by atoms with Crippen LogP contribution >= 0.6 is 0 Å². The van der Waals surface area contributed by atoms with Crippen molar-refractivity contribution in [2.24, 2.45) is 11.8 Å². The first-order valence-corrected chi connectivity index (χ1v) is 10.0. The molecule has 10 heteroatoms. The Hall–Kier alpha value is -3.14. The van der Waals surface area contributed by atoms with E-state index in [1.165, 1.54) is 6.07 Å². The van der Waals surface area contributed by atoms with Crippen LogP contribution in [0, 0.1) is 17.7 Å². The summed E-state index contributed by atoms with van der Waals surface area (Å²) >= 11 is 0. The van der Waals surface area contributed by atoms with Crippen LogP contribution < -0.4 is 5.32 Å². The first-order valence-electron chi connectivity index (χ1n) is 10.0. The van der Waals surface area contributed by atoms with Gasteiger partial charge in [0, 0.05) is 31.5 Å². The molecule has 3 rings (SSSR count). The van der Waals surface area contributed by atoms with Gasteiger partial charge in [-0.25, -0.2) is 4.39 Å². The van der Waals surface area contributed by atoms with Gasteiger partial charge in [0.25, 0.3) is 5.97 Å². The van der Waals surface area contributed by atoms with E-state index < -0.39 is 23.8 Å². The van der Waals surface area contributed by atoms with Crippen molar-refractivity contribution in [3.8, 4) is 0 Å². The molecule has 0 aliphatic carbocycles. The van der Waals surface area contributed by atoms with E-state index in [0.717, 1.165) is 19.0 Å². The Morgan fingerprint density at radius 1 is 1.26 bits per heavy atom. The first kappa shape index (κ1) is 24.1. The number of rotatable bonds is 8. The predicted molar refractivity (Wildman–Crippen MR) is 112 cm³/mol. The third-order valence-electron chi connectivity index (χ3n) is 4.86. The van der Waals surface area contributed by atoms with Gasteiger partial charge < -0.3 is 15.5 Å². The number of aromatic amines is 1. The number of nitrogens with one attached hydrogen (secondary N) is 2. The van der Waals surface area contributed by atoms with E-state index in [-0.39, 0.29) is 11.7 Å². The van der Waals surface area contributed by atoms with Gasteiger partial charge in [0.2, 0.25) is 0 Å². The lowest BCUT2D eigenvalue weighted by Gasteiger charge is -2.23. The first-order chi connectivity index (χ1) is 14.7. The number of aliphatic carboxylic acids is 2. The molecule has 1 aliphatic rings. The summed E-state index contributed by atoms with van der Waals surface area (Å²) in [6, 6.07) is 5.09. The molecule has 31 heavy (non-hydrogen) atoms. The molecule has 2 atom stereocenters. The minimum atomic E-state index is -0.905. The number of aromatic nitrogens is 4. The predicted octanol–water partition coefficient (Wildman–Crippen LogP) is 2.49. The number of carboxylic acids is 2. The Balaban J connectivity index is 0.000000785. The molecule has 0 unspecified atom stereocenters. The zero-order valence-corrected chi connectivity index (χ0v) is 17.8. The molecule has 2 aromatic rings. The molecule has 2 heterocycles. The molecule has 9 nitrogen and oxygen atoms in total. The van der Waals surface area contributed by atoms with Crippen molar-refractivity contribution >= 4 is 17.5 Å². The smallest absolute Gasteiger partial charge is 0.307 e. The van der Waals surface area contributed by atoms with Crippen LogP contribution in [-0.2, 0) is 16.0 Å². The van der Waals surface area contributed by atoms with Crippen molar-refractivity contribution in [1.29, 1.82) is 0 Å². The van der Waals surface area contributed by atoms with Crippen molar-refractivity contribution in [3.63, 3.8) is 0 Å². The van der Waals surface area contributed by atoms with Crippen LogP contribution in [0.3, 0.4) is 0 Å². The highest BCUT2D eigenvalue weighted by molar-refractivity contribution is 5.71. The zero-order chi connectivity index (χ0) is 23.0. The molecule has 0 radical (unpaired) electrons. The second-order valence-corrected chi connectivity index (χ2v) is 7.85. The van der Waals surface area contributed by atoms with Crippen LogP contribution in [0.5, 0.6) is 0 Å². The lowest BCUT2D eigenvalue weighted by molar-refractivity contribution is -0.143. The number of hydrogen-bond donors (Lipinski definition) is 4. The monoisotopic (exact) mass is 433 g/mol. The molecule has 168 valence electrons. The van der Waals surface area contributed by atoms with Crippen molar-refractivity contribution in [2.45, 2.75) is 39.5 Å². The summed E-state index contributed by atoms with van der Waals surface area (Å²) in [4.78, 5) is 20.9. The van der Waals surface area contributed by atoms with E-state index >= 15 is 0 Å². The number of halogens is 1. The van der Waals surface area contributed by atoms with Gasteiger partial charge in [-0.3, -0.25) is 9.59 Å².